The standard InChI is InChI=1S/C18H17FN2O2/c19-18(17(22)21-23)15(12-4-2-1-3-5-12)16(18)13-8-9-20-14(10-13)11-6-7-11/h1-5,8-11,15-16,23H,6-7H2,(H,21,22)/t15-,16-,18+/m1/s1. The monoisotopic (exact) mass is 312 g/mol. The predicted molar refractivity (Wildman–Crippen MR) is 81.9 cm³/mol. The van der Waals surface area contributed by atoms with Crippen LogP contribution in [-0.2, 0) is 4.79 Å². The average molecular weight is 312 g/mol. The van der Waals surface area contributed by atoms with Crippen molar-refractivity contribution in [2.45, 2.75) is 36.3 Å². The molecule has 0 saturated heterocycles. The number of carbonyl (C=O) groups excluding carboxylic acids is 1. The third kappa shape index (κ3) is 2.23. The molecular formula is C18H17FN2O2. The first-order chi connectivity index (χ1) is 11.2. The third-order valence-corrected chi connectivity index (χ3v) is 4.90. The van der Waals surface area contributed by atoms with Gasteiger partial charge in [-0.2, -0.15) is 0 Å². The van der Waals surface area contributed by atoms with E-state index < -0.39 is 23.4 Å². The molecule has 4 rings (SSSR count). The Balaban J connectivity index is 1.73. The summed E-state index contributed by atoms with van der Waals surface area (Å²) in [4.78, 5) is 16.3. The van der Waals surface area contributed by atoms with Crippen molar-refractivity contribution in [1.29, 1.82) is 0 Å². The maximum atomic E-state index is 15.4. The number of hydroxylamine groups is 1. The van der Waals surface area contributed by atoms with Crippen molar-refractivity contribution < 1.29 is 14.4 Å². The Labute approximate surface area is 133 Å². The average Bonchev–Trinajstić information content (AvgIpc) is 3.50. The lowest BCUT2D eigenvalue weighted by Gasteiger charge is -2.06. The van der Waals surface area contributed by atoms with Gasteiger partial charge in [0.15, 0.2) is 0 Å². The van der Waals surface area contributed by atoms with E-state index in [0.717, 1.165) is 29.7 Å². The summed E-state index contributed by atoms with van der Waals surface area (Å²) >= 11 is 0. The number of amides is 1. The minimum absolute atomic E-state index is 0.463. The molecule has 0 bridgehead atoms. The van der Waals surface area contributed by atoms with Gasteiger partial charge in [0.2, 0.25) is 5.67 Å². The lowest BCUT2D eigenvalue weighted by Crippen LogP contribution is -2.33. The molecule has 118 valence electrons. The van der Waals surface area contributed by atoms with Gasteiger partial charge < -0.3 is 0 Å². The van der Waals surface area contributed by atoms with Crippen molar-refractivity contribution in [1.82, 2.24) is 10.5 Å². The van der Waals surface area contributed by atoms with E-state index in [1.165, 1.54) is 5.48 Å². The molecule has 0 spiro atoms. The van der Waals surface area contributed by atoms with Crippen molar-refractivity contribution in [3.8, 4) is 0 Å². The minimum atomic E-state index is -2.13. The number of alkyl halides is 1. The van der Waals surface area contributed by atoms with Gasteiger partial charge in [-0.15, -0.1) is 0 Å². The summed E-state index contributed by atoms with van der Waals surface area (Å²) in [7, 11) is 0. The number of halogens is 1. The first-order valence-corrected chi connectivity index (χ1v) is 7.80. The van der Waals surface area contributed by atoms with Crippen LogP contribution in [0.2, 0.25) is 0 Å². The molecule has 2 aliphatic rings. The topological polar surface area (TPSA) is 62.2 Å². The molecule has 0 radical (unpaired) electrons. The number of aromatic nitrogens is 1. The van der Waals surface area contributed by atoms with E-state index >= 15 is 4.39 Å². The molecule has 1 aromatic heterocycles. The minimum Gasteiger partial charge on any atom is -0.289 e. The maximum Gasteiger partial charge on any atom is 0.282 e. The maximum absolute atomic E-state index is 15.4. The highest BCUT2D eigenvalue weighted by molar-refractivity contribution is 5.92. The highest BCUT2D eigenvalue weighted by Crippen LogP contribution is 2.66. The van der Waals surface area contributed by atoms with Gasteiger partial charge in [0.25, 0.3) is 5.91 Å². The normalized spacial score (nSPS) is 29.1. The van der Waals surface area contributed by atoms with Crippen LogP contribution in [0.4, 0.5) is 4.39 Å². The molecule has 23 heavy (non-hydrogen) atoms. The van der Waals surface area contributed by atoms with E-state index in [0.29, 0.717) is 5.92 Å². The Morgan fingerprint density at radius 1 is 1.17 bits per heavy atom. The molecule has 0 aliphatic heterocycles. The molecular weight excluding hydrogens is 295 g/mol. The SMILES string of the molecule is O=C(NO)[C@]1(F)[C@H](c2ccccc2)[C@H]1c1ccnc(C2CC2)c1. The van der Waals surface area contributed by atoms with Crippen molar-refractivity contribution in [2.24, 2.45) is 0 Å². The van der Waals surface area contributed by atoms with Crippen LogP contribution in [0.5, 0.6) is 0 Å². The Morgan fingerprint density at radius 2 is 1.87 bits per heavy atom. The second-order valence-corrected chi connectivity index (χ2v) is 6.36. The van der Waals surface area contributed by atoms with Crippen LogP contribution in [0.1, 0.15) is 47.4 Å². The molecule has 2 saturated carbocycles. The second kappa shape index (κ2) is 5.13. The highest BCUT2D eigenvalue weighted by atomic mass is 19.1. The Morgan fingerprint density at radius 3 is 2.52 bits per heavy atom. The molecule has 4 nitrogen and oxygen atoms in total. The quantitative estimate of drug-likeness (QED) is 0.674. The second-order valence-electron chi connectivity index (χ2n) is 6.36. The summed E-state index contributed by atoms with van der Waals surface area (Å²) in [5.41, 5.74) is 1.85. The zero-order chi connectivity index (χ0) is 16.0. The van der Waals surface area contributed by atoms with Crippen molar-refractivity contribution in [2.75, 3.05) is 0 Å². The van der Waals surface area contributed by atoms with Gasteiger partial charge in [0, 0.05) is 29.6 Å². The van der Waals surface area contributed by atoms with E-state index in [9.17, 15) is 4.79 Å². The van der Waals surface area contributed by atoms with Gasteiger partial charge in [-0.3, -0.25) is 15.0 Å². The van der Waals surface area contributed by atoms with Crippen LogP contribution < -0.4 is 5.48 Å². The molecule has 3 atom stereocenters. The number of carbonyl (C=O) groups is 1. The zero-order valence-corrected chi connectivity index (χ0v) is 12.4. The molecule has 5 heteroatoms. The van der Waals surface area contributed by atoms with Crippen LogP contribution >= 0.6 is 0 Å². The molecule has 2 aromatic rings. The summed E-state index contributed by atoms with van der Waals surface area (Å²) in [6.45, 7) is 0. The van der Waals surface area contributed by atoms with Gasteiger partial charge in [0.05, 0.1) is 0 Å². The summed E-state index contributed by atoms with van der Waals surface area (Å²) < 4.78 is 15.4. The van der Waals surface area contributed by atoms with Crippen LogP contribution in [0.15, 0.2) is 48.7 Å². The highest BCUT2D eigenvalue weighted by Gasteiger charge is 2.72. The zero-order valence-electron chi connectivity index (χ0n) is 12.4. The van der Waals surface area contributed by atoms with Gasteiger partial charge in [-0.05, 0) is 36.1 Å². The first-order valence-electron chi connectivity index (χ1n) is 7.80. The number of hydrogen-bond donors (Lipinski definition) is 2. The van der Waals surface area contributed by atoms with E-state index in [4.69, 9.17) is 5.21 Å². The number of rotatable bonds is 4. The molecule has 2 fully saturated rings. The predicted octanol–water partition coefficient (Wildman–Crippen LogP) is 3.05. The fourth-order valence-electron chi connectivity index (χ4n) is 3.52. The Hall–Kier alpha value is -2.27. The molecule has 2 N–H and O–H groups in total. The number of pyridine rings is 1. The van der Waals surface area contributed by atoms with Crippen LogP contribution in [0.25, 0.3) is 0 Å². The van der Waals surface area contributed by atoms with E-state index in [1.54, 1.807) is 12.3 Å². The number of benzene rings is 1. The van der Waals surface area contributed by atoms with Crippen LogP contribution in [-0.4, -0.2) is 21.8 Å². The first kappa shape index (κ1) is 14.3. The van der Waals surface area contributed by atoms with E-state index in [-0.39, 0.29) is 0 Å². The summed E-state index contributed by atoms with van der Waals surface area (Å²) in [6.07, 6.45) is 3.91. The van der Waals surface area contributed by atoms with Gasteiger partial charge in [-0.25, -0.2) is 9.87 Å². The fourth-order valence-corrected chi connectivity index (χ4v) is 3.52. The smallest absolute Gasteiger partial charge is 0.282 e. The lowest BCUT2D eigenvalue weighted by atomic mass is 10.0. The van der Waals surface area contributed by atoms with Gasteiger partial charge in [-0.1, -0.05) is 30.3 Å². The van der Waals surface area contributed by atoms with Gasteiger partial charge in [0.1, 0.15) is 0 Å². The summed E-state index contributed by atoms with van der Waals surface area (Å²) in [5.74, 6) is -1.71. The van der Waals surface area contributed by atoms with Crippen molar-refractivity contribution >= 4 is 5.91 Å². The van der Waals surface area contributed by atoms with Crippen molar-refractivity contribution in [3.63, 3.8) is 0 Å². The largest absolute Gasteiger partial charge is 0.289 e. The van der Waals surface area contributed by atoms with Crippen LogP contribution in [0.3, 0.4) is 0 Å². The molecule has 2 aliphatic carbocycles. The summed E-state index contributed by atoms with van der Waals surface area (Å²) in [6, 6.07) is 12.8. The molecule has 1 heterocycles. The number of nitrogens with one attached hydrogen (secondary N) is 1. The van der Waals surface area contributed by atoms with Crippen LogP contribution in [0, 0.1) is 0 Å². The van der Waals surface area contributed by atoms with Gasteiger partial charge >= 0.3 is 0 Å². The Bertz CT molecular complexity index is 748. The lowest BCUT2D eigenvalue weighted by molar-refractivity contribution is -0.136. The number of nitrogens with zero attached hydrogens (tertiary/aromatic N) is 1. The molecule has 1 aromatic carbocycles. The van der Waals surface area contributed by atoms with E-state index in [2.05, 4.69) is 4.98 Å². The van der Waals surface area contributed by atoms with Crippen molar-refractivity contribution in [3.05, 3.63) is 65.5 Å². The number of hydrogen-bond acceptors (Lipinski definition) is 3. The molecule has 1 amide bonds. The fraction of sp³-hybridized carbons (Fsp3) is 0.333. The Kier molecular flexibility index (Phi) is 3.20. The summed E-state index contributed by atoms with van der Waals surface area (Å²) in [5, 5.41) is 8.94. The third-order valence-electron chi connectivity index (χ3n) is 4.90. The molecule has 0 unspecified atom stereocenters. The van der Waals surface area contributed by atoms with E-state index in [1.807, 2.05) is 36.4 Å².